The highest BCUT2D eigenvalue weighted by molar-refractivity contribution is 7.93. The molecule has 0 aliphatic heterocycles. The molecule has 1 aliphatic carbocycles. The zero-order chi connectivity index (χ0) is 22.4. The van der Waals surface area contributed by atoms with Crippen LogP contribution in [0.4, 0.5) is 8.78 Å². The number of allylic oxidation sites excluding steroid dienone is 1. The first-order valence-corrected chi connectivity index (χ1v) is 11.9. The van der Waals surface area contributed by atoms with E-state index in [2.05, 4.69) is 4.98 Å². The molecule has 0 unspecified atom stereocenters. The van der Waals surface area contributed by atoms with Gasteiger partial charge in [0.1, 0.15) is 5.69 Å². The van der Waals surface area contributed by atoms with Crippen LogP contribution in [0.2, 0.25) is 0 Å². The number of rotatable bonds is 6. The molecule has 0 spiro atoms. The molecular weight excluding hydrogens is 422 g/mol. The highest BCUT2D eigenvalue weighted by Gasteiger charge is 2.33. The fourth-order valence-electron chi connectivity index (χ4n) is 3.67. The molecule has 3 aromatic rings. The summed E-state index contributed by atoms with van der Waals surface area (Å²) in [5.74, 6) is -3.00. The van der Waals surface area contributed by atoms with E-state index in [9.17, 15) is 22.0 Å². The van der Waals surface area contributed by atoms with Crippen LogP contribution in [0.3, 0.4) is 0 Å². The molecule has 1 atom stereocenters. The standard InChI is InChI=1S/C23H22F2N2O3S/c1-23(24,25)20-11-10-17-21(26-20)18(15-6-4-3-5-7-15)14-27(22(17)28)19(16-8-9-16)12-13-31(2,29)30/h3-7,10-14,16,19H,8-9H2,1-2H3/b13-12+/t19-/m0/s1. The van der Waals surface area contributed by atoms with Gasteiger partial charge in [-0.25, -0.2) is 13.4 Å². The number of alkyl halides is 2. The van der Waals surface area contributed by atoms with Gasteiger partial charge in [-0.3, -0.25) is 4.79 Å². The maximum atomic E-state index is 13.9. The Morgan fingerprint density at radius 2 is 1.84 bits per heavy atom. The third kappa shape index (κ3) is 4.58. The van der Waals surface area contributed by atoms with Crippen molar-refractivity contribution >= 4 is 20.7 Å². The SMILES string of the molecule is CC(F)(F)c1ccc2c(=O)n([C@@H](/C=C/S(C)(=O)=O)C3CC3)cc(-c3ccccc3)c2n1. The minimum Gasteiger partial charge on any atom is -0.307 e. The second-order valence-corrected chi connectivity index (χ2v) is 10.0. The van der Waals surface area contributed by atoms with Crippen LogP contribution in [0, 0.1) is 5.92 Å². The van der Waals surface area contributed by atoms with Crippen molar-refractivity contribution in [1.29, 1.82) is 0 Å². The Hall–Kier alpha value is -2.87. The number of sulfone groups is 1. The van der Waals surface area contributed by atoms with Gasteiger partial charge < -0.3 is 4.57 Å². The van der Waals surface area contributed by atoms with Crippen LogP contribution >= 0.6 is 0 Å². The second-order valence-electron chi connectivity index (χ2n) is 8.09. The van der Waals surface area contributed by atoms with Crippen LogP contribution in [0.5, 0.6) is 0 Å². The molecule has 4 rings (SSSR count). The first-order valence-electron chi connectivity index (χ1n) is 9.92. The molecule has 2 heterocycles. The van der Waals surface area contributed by atoms with Gasteiger partial charge in [-0.15, -0.1) is 0 Å². The Morgan fingerprint density at radius 3 is 2.42 bits per heavy atom. The fraction of sp³-hybridized carbons (Fsp3) is 0.304. The van der Waals surface area contributed by atoms with Crippen molar-refractivity contribution in [3.05, 3.63) is 76.2 Å². The number of fused-ring (bicyclic) bond motifs is 1. The van der Waals surface area contributed by atoms with Crippen LogP contribution in [0.1, 0.15) is 31.5 Å². The summed E-state index contributed by atoms with van der Waals surface area (Å²) in [6.45, 7) is 0.768. The lowest BCUT2D eigenvalue weighted by atomic mass is 10.0. The Morgan fingerprint density at radius 1 is 1.16 bits per heavy atom. The summed E-state index contributed by atoms with van der Waals surface area (Å²) < 4.78 is 52.7. The number of pyridine rings is 2. The fourth-order valence-corrected chi connectivity index (χ4v) is 4.11. The lowest BCUT2D eigenvalue weighted by Crippen LogP contribution is -2.26. The molecular formula is C23H22F2N2O3S. The largest absolute Gasteiger partial charge is 0.307 e. The average molecular weight is 445 g/mol. The zero-order valence-electron chi connectivity index (χ0n) is 17.1. The minimum atomic E-state index is -3.36. The highest BCUT2D eigenvalue weighted by Crippen LogP contribution is 2.41. The van der Waals surface area contributed by atoms with E-state index in [1.54, 1.807) is 6.20 Å². The highest BCUT2D eigenvalue weighted by atomic mass is 32.2. The van der Waals surface area contributed by atoms with Crippen LogP contribution in [-0.4, -0.2) is 24.2 Å². The smallest absolute Gasteiger partial charge is 0.286 e. The predicted octanol–water partition coefficient (Wildman–Crippen LogP) is 4.68. The van der Waals surface area contributed by atoms with Gasteiger partial charge in [0.2, 0.25) is 0 Å². The number of benzene rings is 1. The van der Waals surface area contributed by atoms with Crippen molar-refractivity contribution in [3.8, 4) is 11.1 Å². The number of hydrogen-bond acceptors (Lipinski definition) is 4. The molecule has 1 aromatic carbocycles. The molecule has 8 heteroatoms. The van der Waals surface area contributed by atoms with E-state index in [4.69, 9.17) is 0 Å². The third-order valence-corrected chi connectivity index (χ3v) is 6.02. The second kappa shape index (κ2) is 7.67. The van der Waals surface area contributed by atoms with Crippen LogP contribution in [0.25, 0.3) is 22.0 Å². The molecule has 2 aromatic heterocycles. The average Bonchev–Trinajstić information content (AvgIpc) is 3.53. The van der Waals surface area contributed by atoms with Crippen molar-refractivity contribution in [2.75, 3.05) is 6.26 Å². The van der Waals surface area contributed by atoms with Gasteiger partial charge in [0.15, 0.2) is 9.84 Å². The number of hydrogen-bond donors (Lipinski definition) is 0. The van der Waals surface area contributed by atoms with Gasteiger partial charge in [0, 0.05) is 30.3 Å². The molecule has 0 bridgehead atoms. The first kappa shape index (κ1) is 21.4. The molecule has 0 radical (unpaired) electrons. The van der Waals surface area contributed by atoms with Crippen LogP contribution in [0.15, 0.2) is 64.9 Å². The summed E-state index contributed by atoms with van der Waals surface area (Å²) in [5.41, 5.74) is 0.674. The van der Waals surface area contributed by atoms with Crippen molar-refractivity contribution in [2.24, 2.45) is 5.92 Å². The van der Waals surface area contributed by atoms with Crippen molar-refractivity contribution in [1.82, 2.24) is 9.55 Å². The molecule has 1 aliphatic rings. The van der Waals surface area contributed by atoms with E-state index < -0.39 is 27.5 Å². The van der Waals surface area contributed by atoms with E-state index in [-0.39, 0.29) is 22.4 Å². The Kier molecular flexibility index (Phi) is 5.29. The molecule has 0 saturated heterocycles. The summed E-state index contributed by atoms with van der Waals surface area (Å²) >= 11 is 0. The third-order valence-electron chi connectivity index (χ3n) is 5.37. The Labute approximate surface area is 179 Å². The lowest BCUT2D eigenvalue weighted by molar-refractivity contribution is 0.0131. The van der Waals surface area contributed by atoms with Gasteiger partial charge in [0.05, 0.1) is 16.9 Å². The number of aromatic nitrogens is 2. The van der Waals surface area contributed by atoms with Gasteiger partial charge in [-0.2, -0.15) is 8.78 Å². The summed E-state index contributed by atoms with van der Waals surface area (Å²) in [6, 6.07) is 11.2. The van der Waals surface area contributed by atoms with Gasteiger partial charge in [-0.05, 0) is 36.5 Å². The normalized spacial score (nSPS) is 16.1. The van der Waals surface area contributed by atoms with E-state index in [0.29, 0.717) is 5.56 Å². The predicted molar refractivity (Wildman–Crippen MR) is 117 cm³/mol. The van der Waals surface area contributed by atoms with Crippen molar-refractivity contribution in [3.63, 3.8) is 0 Å². The number of nitrogens with zero attached hydrogens (tertiary/aromatic N) is 2. The molecule has 162 valence electrons. The maximum absolute atomic E-state index is 13.9. The maximum Gasteiger partial charge on any atom is 0.286 e. The molecule has 31 heavy (non-hydrogen) atoms. The minimum absolute atomic E-state index is 0.143. The lowest BCUT2D eigenvalue weighted by Gasteiger charge is -2.19. The van der Waals surface area contributed by atoms with E-state index in [1.165, 1.54) is 22.8 Å². The first-order chi connectivity index (χ1) is 14.5. The molecule has 0 amide bonds. The summed E-state index contributed by atoms with van der Waals surface area (Å²) in [6.07, 6.45) is 6.01. The van der Waals surface area contributed by atoms with Crippen molar-refractivity contribution < 1.29 is 17.2 Å². The van der Waals surface area contributed by atoms with E-state index >= 15 is 0 Å². The summed E-state index contributed by atoms with van der Waals surface area (Å²) in [5, 5.41) is 1.33. The molecule has 0 N–H and O–H groups in total. The molecule has 1 saturated carbocycles. The van der Waals surface area contributed by atoms with E-state index in [0.717, 1.165) is 37.0 Å². The van der Waals surface area contributed by atoms with Crippen LogP contribution in [-0.2, 0) is 15.8 Å². The summed E-state index contributed by atoms with van der Waals surface area (Å²) in [7, 11) is -3.36. The van der Waals surface area contributed by atoms with Gasteiger partial charge in [-0.1, -0.05) is 36.4 Å². The van der Waals surface area contributed by atoms with Gasteiger partial charge in [0.25, 0.3) is 11.5 Å². The molecule has 5 nitrogen and oxygen atoms in total. The van der Waals surface area contributed by atoms with E-state index in [1.807, 2.05) is 30.3 Å². The Bertz CT molecular complexity index is 1320. The monoisotopic (exact) mass is 444 g/mol. The van der Waals surface area contributed by atoms with Crippen molar-refractivity contribution in [2.45, 2.75) is 31.7 Å². The topological polar surface area (TPSA) is 69.0 Å². The zero-order valence-corrected chi connectivity index (χ0v) is 17.9. The summed E-state index contributed by atoms with van der Waals surface area (Å²) in [4.78, 5) is 17.5. The Balaban J connectivity index is 2.01. The molecule has 1 fully saturated rings. The quantitative estimate of drug-likeness (QED) is 0.553. The van der Waals surface area contributed by atoms with Crippen LogP contribution < -0.4 is 5.56 Å². The number of halogens is 2. The van der Waals surface area contributed by atoms with Gasteiger partial charge >= 0.3 is 0 Å².